The van der Waals surface area contributed by atoms with Crippen LogP contribution in [0, 0.1) is 0 Å². The fourth-order valence-electron chi connectivity index (χ4n) is 1.18. The number of hydrogen-bond donors (Lipinski definition) is 1. The second kappa shape index (κ2) is 3.43. The van der Waals surface area contributed by atoms with Gasteiger partial charge in [-0.05, 0) is 0 Å². The van der Waals surface area contributed by atoms with Crippen molar-refractivity contribution in [1.29, 1.82) is 0 Å². The van der Waals surface area contributed by atoms with E-state index in [0.29, 0.717) is 12.7 Å². The zero-order chi connectivity index (χ0) is 11.8. The molecule has 0 atom stereocenters. The number of fused-ring (bicyclic) bond motifs is 1. The minimum atomic E-state index is -4.61. The number of carbonyl (C=O) groups is 1. The lowest BCUT2D eigenvalue weighted by Gasteiger charge is -2.06. The molecule has 16 heavy (non-hydrogen) atoms. The highest BCUT2D eigenvalue weighted by molar-refractivity contribution is 5.88. The largest absolute Gasteiger partial charge is 0.491 e. The van der Waals surface area contributed by atoms with Gasteiger partial charge in [0, 0.05) is 0 Å². The van der Waals surface area contributed by atoms with E-state index < -0.39 is 11.9 Å². The fraction of sp³-hybridized carbons (Fsp3) is 0.143. The van der Waals surface area contributed by atoms with E-state index in [1.54, 1.807) is 0 Å². The molecular formula is C7H4F3N5O. The Labute approximate surface area is 86.1 Å². The van der Waals surface area contributed by atoms with Gasteiger partial charge < -0.3 is 5.32 Å². The van der Waals surface area contributed by atoms with Crippen molar-refractivity contribution in [2.75, 3.05) is 5.32 Å². The van der Waals surface area contributed by atoms with E-state index >= 15 is 0 Å². The molecule has 2 aromatic heterocycles. The summed E-state index contributed by atoms with van der Waals surface area (Å²) in [4.78, 5) is 20.8. The zero-order valence-electron chi connectivity index (χ0n) is 7.56. The molecule has 1 amide bonds. The lowest BCUT2D eigenvalue weighted by molar-refractivity contribution is -0.201. The van der Waals surface area contributed by atoms with Crippen molar-refractivity contribution in [2.24, 2.45) is 0 Å². The molecule has 0 aromatic carbocycles. The molecule has 0 saturated carbocycles. The third-order valence-electron chi connectivity index (χ3n) is 1.80. The molecule has 0 bridgehead atoms. The zero-order valence-corrected chi connectivity index (χ0v) is 7.56. The smallest absolute Gasteiger partial charge is 0.311 e. The first-order chi connectivity index (χ1) is 7.54. The Hall–Kier alpha value is -2.19. The summed E-state index contributed by atoms with van der Waals surface area (Å²) in [5, 5.41) is 2.14. The van der Waals surface area contributed by atoms with Crippen LogP contribution in [0.25, 0.3) is 11.2 Å². The molecule has 6 nitrogen and oxygen atoms in total. The summed E-state index contributed by atoms with van der Waals surface area (Å²) in [7, 11) is 0. The highest BCUT2D eigenvalue weighted by Gasteiger charge is 2.33. The Bertz CT molecular complexity index is 534. The van der Waals surface area contributed by atoms with Crippen LogP contribution < -0.4 is 5.32 Å². The van der Waals surface area contributed by atoms with Crippen LogP contribution in [0.2, 0.25) is 0 Å². The Morgan fingerprint density at radius 3 is 2.69 bits per heavy atom. The van der Waals surface area contributed by atoms with Gasteiger partial charge in [0.25, 0.3) is 0 Å². The molecule has 0 radical (unpaired) electrons. The Kier molecular flexibility index (Phi) is 2.22. The predicted molar refractivity (Wildman–Crippen MR) is 46.3 cm³/mol. The number of hydrogen-bond acceptors (Lipinski definition) is 4. The van der Waals surface area contributed by atoms with Gasteiger partial charge in [-0.15, -0.1) is 13.2 Å². The summed E-state index contributed by atoms with van der Waals surface area (Å²) >= 11 is 0. The van der Waals surface area contributed by atoms with Gasteiger partial charge >= 0.3 is 6.30 Å². The molecule has 0 aliphatic heterocycles. The predicted octanol–water partition coefficient (Wildman–Crippen LogP) is 0.871. The number of amides is 1. The molecule has 1 N–H and O–H groups in total. The SMILES string of the molecule is O=CNc1ncnc2c1ncn2C(F)(F)F. The summed E-state index contributed by atoms with van der Waals surface area (Å²) in [5.41, 5.74) is -0.529. The van der Waals surface area contributed by atoms with Crippen LogP contribution in [0.1, 0.15) is 0 Å². The maximum atomic E-state index is 12.4. The number of carbonyl (C=O) groups excluding carboxylic acids is 1. The molecule has 0 saturated heterocycles. The van der Waals surface area contributed by atoms with Crippen LogP contribution in [-0.4, -0.2) is 25.9 Å². The summed E-state index contributed by atoms with van der Waals surface area (Å²) < 4.78 is 37.3. The molecule has 0 aliphatic carbocycles. The van der Waals surface area contributed by atoms with Crippen molar-refractivity contribution in [3.63, 3.8) is 0 Å². The van der Waals surface area contributed by atoms with E-state index in [4.69, 9.17) is 0 Å². The minimum absolute atomic E-state index is 0.0556. The second-order valence-electron chi connectivity index (χ2n) is 2.74. The average molecular weight is 231 g/mol. The van der Waals surface area contributed by atoms with Crippen LogP contribution >= 0.6 is 0 Å². The highest BCUT2D eigenvalue weighted by Crippen LogP contribution is 2.27. The Morgan fingerprint density at radius 1 is 1.31 bits per heavy atom. The Morgan fingerprint density at radius 2 is 2.06 bits per heavy atom. The van der Waals surface area contributed by atoms with Gasteiger partial charge in [-0.1, -0.05) is 0 Å². The molecule has 0 spiro atoms. The number of alkyl halides is 3. The number of rotatable bonds is 2. The number of aromatic nitrogens is 4. The van der Waals surface area contributed by atoms with Gasteiger partial charge in [-0.2, -0.15) is 0 Å². The topological polar surface area (TPSA) is 72.7 Å². The van der Waals surface area contributed by atoms with Crippen molar-refractivity contribution >= 4 is 23.4 Å². The van der Waals surface area contributed by atoms with E-state index in [9.17, 15) is 18.0 Å². The summed E-state index contributed by atoms with van der Waals surface area (Å²) in [6.07, 6.45) is -2.82. The van der Waals surface area contributed by atoms with Crippen LogP contribution in [0.15, 0.2) is 12.7 Å². The fourth-order valence-corrected chi connectivity index (χ4v) is 1.18. The lowest BCUT2D eigenvalue weighted by atomic mass is 10.5. The van der Waals surface area contributed by atoms with Crippen molar-refractivity contribution in [3.05, 3.63) is 12.7 Å². The summed E-state index contributed by atoms with van der Waals surface area (Å²) in [6.45, 7) is 0. The van der Waals surface area contributed by atoms with Gasteiger partial charge in [0.15, 0.2) is 17.0 Å². The highest BCUT2D eigenvalue weighted by atomic mass is 19.4. The van der Waals surface area contributed by atoms with E-state index in [-0.39, 0.29) is 15.9 Å². The maximum absolute atomic E-state index is 12.4. The number of nitrogens with one attached hydrogen (secondary N) is 1. The first kappa shape index (κ1) is 10.3. The molecular weight excluding hydrogens is 227 g/mol. The van der Waals surface area contributed by atoms with Crippen LogP contribution in [0.5, 0.6) is 0 Å². The van der Waals surface area contributed by atoms with Crippen molar-refractivity contribution in [3.8, 4) is 0 Å². The quantitative estimate of drug-likeness (QED) is 0.778. The molecule has 2 aromatic rings. The molecule has 0 aliphatic rings. The van der Waals surface area contributed by atoms with Gasteiger partial charge in [0.2, 0.25) is 6.41 Å². The maximum Gasteiger partial charge on any atom is 0.491 e. The first-order valence-corrected chi connectivity index (χ1v) is 3.99. The molecule has 0 fully saturated rings. The number of nitrogens with zero attached hydrogens (tertiary/aromatic N) is 4. The van der Waals surface area contributed by atoms with Gasteiger partial charge in [0.1, 0.15) is 12.7 Å². The third-order valence-corrected chi connectivity index (χ3v) is 1.80. The average Bonchev–Trinajstić information content (AvgIpc) is 2.62. The molecule has 84 valence electrons. The molecule has 2 heterocycles. The van der Waals surface area contributed by atoms with Gasteiger partial charge in [-0.25, -0.2) is 19.5 Å². The van der Waals surface area contributed by atoms with Crippen molar-refractivity contribution < 1.29 is 18.0 Å². The summed E-state index contributed by atoms with van der Waals surface area (Å²) in [6, 6.07) is 0. The first-order valence-electron chi connectivity index (χ1n) is 3.99. The molecule has 2 rings (SSSR count). The normalized spacial score (nSPS) is 11.7. The van der Waals surface area contributed by atoms with Gasteiger partial charge in [-0.3, -0.25) is 4.79 Å². The Balaban J connectivity index is 2.66. The molecule has 0 unspecified atom stereocenters. The van der Waals surface area contributed by atoms with Gasteiger partial charge in [0.05, 0.1) is 0 Å². The third kappa shape index (κ3) is 1.55. The number of anilines is 1. The minimum Gasteiger partial charge on any atom is -0.311 e. The van der Waals surface area contributed by atoms with E-state index in [0.717, 1.165) is 6.33 Å². The van der Waals surface area contributed by atoms with Crippen molar-refractivity contribution in [2.45, 2.75) is 6.30 Å². The standard InChI is InChI=1S/C7H4F3N5O/c8-7(9,10)15-2-13-4-5(14-3-16)11-1-12-6(4)15/h1-3H,(H,11,12,14,16). The van der Waals surface area contributed by atoms with Crippen molar-refractivity contribution in [1.82, 2.24) is 19.5 Å². The van der Waals surface area contributed by atoms with E-state index in [2.05, 4.69) is 20.3 Å². The number of halogens is 3. The second-order valence-corrected chi connectivity index (χ2v) is 2.74. The summed E-state index contributed by atoms with van der Waals surface area (Å²) in [5.74, 6) is -0.0667. The lowest BCUT2D eigenvalue weighted by Crippen LogP contribution is -2.15. The molecule has 9 heteroatoms. The van der Waals surface area contributed by atoms with E-state index in [1.165, 1.54) is 0 Å². The van der Waals surface area contributed by atoms with E-state index in [1.807, 2.05) is 0 Å². The number of imidazole rings is 1. The monoisotopic (exact) mass is 231 g/mol. The van der Waals surface area contributed by atoms with Crippen LogP contribution in [-0.2, 0) is 11.1 Å². The van der Waals surface area contributed by atoms with Crippen LogP contribution in [0.3, 0.4) is 0 Å². The van der Waals surface area contributed by atoms with Crippen LogP contribution in [0.4, 0.5) is 19.0 Å².